The van der Waals surface area contributed by atoms with Crippen LogP contribution in [0.25, 0.3) is 6.08 Å². The molecule has 0 atom stereocenters. The van der Waals surface area contributed by atoms with Crippen LogP contribution < -0.4 is 16.0 Å². The number of allylic oxidation sites excluding steroid dienone is 5. The van der Waals surface area contributed by atoms with Crippen molar-refractivity contribution in [3.05, 3.63) is 59.7 Å². The van der Waals surface area contributed by atoms with Crippen LogP contribution in [0.5, 0.6) is 0 Å². The Morgan fingerprint density at radius 2 is 1.90 bits per heavy atom. The highest BCUT2D eigenvalue weighted by Gasteiger charge is 2.00. The van der Waals surface area contributed by atoms with Crippen molar-refractivity contribution in [3.63, 3.8) is 0 Å². The minimum Gasteiger partial charge on any atom is -0.372 e. The summed E-state index contributed by atoms with van der Waals surface area (Å²) in [7, 11) is 0. The van der Waals surface area contributed by atoms with Crippen molar-refractivity contribution < 1.29 is 4.79 Å². The van der Waals surface area contributed by atoms with E-state index in [4.69, 9.17) is 5.73 Å². The van der Waals surface area contributed by atoms with Crippen molar-refractivity contribution in [3.8, 4) is 0 Å². The third-order valence-electron chi connectivity index (χ3n) is 4.38. The van der Waals surface area contributed by atoms with E-state index in [1.165, 1.54) is 5.69 Å². The van der Waals surface area contributed by atoms with Crippen LogP contribution >= 0.6 is 0 Å². The maximum Gasteiger partial charge on any atom is 0.220 e. The lowest BCUT2D eigenvalue weighted by Gasteiger charge is -2.20. The smallest absolute Gasteiger partial charge is 0.220 e. The zero-order valence-electron chi connectivity index (χ0n) is 18.1. The highest BCUT2D eigenvalue weighted by Crippen LogP contribution is 2.16. The van der Waals surface area contributed by atoms with E-state index < -0.39 is 0 Å². The summed E-state index contributed by atoms with van der Waals surface area (Å²) < 4.78 is 0. The lowest BCUT2D eigenvalue weighted by Crippen LogP contribution is -2.28. The first-order chi connectivity index (χ1) is 14.1. The quantitative estimate of drug-likeness (QED) is 0.301. The Labute approximate surface area is 176 Å². The number of hydrogen-bond acceptors (Lipinski definition) is 4. The van der Waals surface area contributed by atoms with Gasteiger partial charge in [0.05, 0.1) is 0 Å². The molecule has 5 nitrogen and oxygen atoms in total. The average Bonchev–Trinajstić information content (AvgIpc) is 2.74. The fourth-order valence-electron chi connectivity index (χ4n) is 2.78. The van der Waals surface area contributed by atoms with Crippen LogP contribution in [-0.4, -0.2) is 44.8 Å². The van der Waals surface area contributed by atoms with Gasteiger partial charge in [0, 0.05) is 51.0 Å². The van der Waals surface area contributed by atoms with Gasteiger partial charge in [-0.3, -0.25) is 9.79 Å². The monoisotopic (exact) mass is 396 g/mol. The normalized spacial score (nSPS) is 12.3. The second-order valence-corrected chi connectivity index (χ2v) is 6.56. The second kappa shape index (κ2) is 15.3. The minimum absolute atomic E-state index is 0.0331. The molecule has 0 aliphatic rings. The molecule has 1 aromatic rings. The predicted molar refractivity (Wildman–Crippen MR) is 127 cm³/mol. The number of nitrogens with one attached hydrogen (secondary N) is 1. The Balaban J connectivity index is 2.58. The van der Waals surface area contributed by atoms with E-state index in [1.807, 2.05) is 25.2 Å². The highest BCUT2D eigenvalue weighted by atomic mass is 16.1. The van der Waals surface area contributed by atoms with E-state index in [0.717, 1.165) is 30.6 Å². The Kier molecular flexibility index (Phi) is 12.8. The van der Waals surface area contributed by atoms with Crippen molar-refractivity contribution in [1.29, 1.82) is 0 Å². The van der Waals surface area contributed by atoms with E-state index in [1.54, 1.807) is 6.21 Å². The first-order valence-corrected chi connectivity index (χ1v) is 10.5. The summed E-state index contributed by atoms with van der Waals surface area (Å²) in [6.45, 7) is 9.99. The molecule has 0 aliphatic carbocycles. The van der Waals surface area contributed by atoms with Gasteiger partial charge in [0.1, 0.15) is 0 Å². The minimum atomic E-state index is 0.0331. The van der Waals surface area contributed by atoms with Gasteiger partial charge in [-0.15, -0.1) is 0 Å². The number of carbonyl (C=O) groups is 1. The topological polar surface area (TPSA) is 70.7 Å². The van der Waals surface area contributed by atoms with Crippen LogP contribution in [0.2, 0.25) is 0 Å². The average molecular weight is 397 g/mol. The van der Waals surface area contributed by atoms with Gasteiger partial charge < -0.3 is 16.0 Å². The summed E-state index contributed by atoms with van der Waals surface area (Å²) in [5, 5.41) is 2.76. The van der Waals surface area contributed by atoms with E-state index in [2.05, 4.69) is 65.5 Å². The molecule has 3 N–H and O–H groups in total. The molecule has 0 bridgehead atoms. The van der Waals surface area contributed by atoms with E-state index in [-0.39, 0.29) is 5.91 Å². The molecule has 0 heterocycles. The molecular formula is C24H36N4O. The maximum absolute atomic E-state index is 11.5. The van der Waals surface area contributed by atoms with Gasteiger partial charge in [0.25, 0.3) is 0 Å². The fourth-order valence-corrected chi connectivity index (χ4v) is 2.78. The number of carbonyl (C=O) groups excluding carboxylic acids is 1. The fraction of sp³-hybridized carbons (Fsp3) is 0.417. The molecule has 0 fully saturated rings. The van der Waals surface area contributed by atoms with E-state index >= 15 is 0 Å². The van der Waals surface area contributed by atoms with Gasteiger partial charge in [-0.25, -0.2) is 0 Å². The molecule has 158 valence electrons. The van der Waals surface area contributed by atoms with Crippen molar-refractivity contribution in [1.82, 2.24) is 5.32 Å². The number of nitrogens with two attached hydrogens (primary N) is 1. The number of anilines is 1. The molecule has 0 saturated carbocycles. The highest BCUT2D eigenvalue weighted by molar-refractivity contribution is 5.76. The first-order valence-electron chi connectivity index (χ1n) is 10.5. The zero-order valence-corrected chi connectivity index (χ0v) is 18.1. The molecule has 1 rings (SSSR count). The molecule has 29 heavy (non-hydrogen) atoms. The number of benzene rings is 1. The van der Waals surface area contributed by atoms with E-state index in [9.17, 15) is 4.79 Å². The SMILES string of the molecule is C\C=C/C(C=Cc1ccc(N(CC)CC)cc1)=C\C=N\CCCC(=O)NCCN. The van der Waals surface area contributed by atoms with Crippen LogP contribution in [0, 0.1) is 0 Å². The predicted octanol–water partition coefficient (Wildman–Crippen LogP) is 3.97. The van der Waals surface area contributed by atoms with Crippen molar-refractivity contribution in [2.45, 2.75) is 33.6 Å². The number of amides is 1. The van der Waals surface area contributed by atoms with Crippen LogP contribution in [0.15, 0.2) is 59.1 Å². The number of nitrogens with zero attached hydrogens (tertiary/aromatic N) is 2. The first kappa shape index (κ1) is 24.4. The van der Waals surface area contributed by atoms with E-state index in [0.29, 0.717) is 26.1 Å². The van der Waals surface area contributed by atoms with Gasteiger partial charge in [0.15, 0.2) is 0 Å². The lowest BCUT2D eigenvalue weighted by atomic mass is 10.1. The summed E-state index contributed by atoms with van der Waals surface area (Å²) in [5.74, 6) is 0.0331. The summed E-state index contributed by atoms with van der Waals surface area (Å²) in [6, 6.07) is 8.61. The number of rotatable bonds is 13. The van der Waals surface area contributed by atoms with Gasteiger partial charge in [-0.1, -0.05) is 36.4 Å². The number of aliphatic imine (C=N–C) groups is 1. The molecule has 0 unspecified atom stereocenters. The van der Waals surface area contributed by atoms with Crippen molar-refractivity contribution in [2.75, 3.05) is 37.6 Å². The molecule has 0 radical (unpaired) electrons. The van der Waals surface area contributed by atoms with Crippen molar-refractivity contribution >= 4 is 23.9 Å². The van der Waals surface area contributed by atoms with Crippen LogP contribution in [0.4, 0.5) is 5.69 Å². The summed E-state index contributed by atoms with van der Waals surface area (Å²) in [6.07, 6.45) is 13.2. The number of hydrogen-bond donors (Lipinski definition) is 2. The Bertz CT molecular complexity index is 698. The van der Waals surface area contributed by atoms with Gasteiger partial charge in [-0.2, -0.15) is 0 Å². The molecular weight excluding hydrogens is 360 g/mol. The molecule has 0 aromatic heterocycles. The summed E-state index contributed by atoms with van der Waals surface area (Å²) in [5.41, 5.74) is 8.85. The van der Waals surface area contributed by atoms with Crippen LogP contribution in [0.1, 0.15) is 39.2 Å². The Morgan fingerprint density at radius 1 is 1.17 bits per heavy atom. The van der Waals surface area contributed by atoms with Gasteiger partial charge in [-0.05, 0) is 56.5 Å². The molecule has 5 heteroatoms. The Hall–Kier alpha value is -2.66. The summed E-state index contributed by atoms with van der Waals surface area (Å²) >= 11 is 0. The summed E-state index contributed by atoms with van der Waals surface area (Å²) in [4.78, 5) is 18.2. The van der Waals surface area contributed by atoms with Gasteiger partial charge >= 0.3 is 0 Å². The molecule has 0 spiro atoms. The Morgan fingerprint density at radius 3 is 2.52 bits per heavy atom. The second-order valence-electron chi connectivity index (χ2n) is 6.56. The van der Waals surface area contributed by atoms with Gasteiger partial charge in [0.2, 0.25) is 5.91 Å². The molecule has 1 amide bonds. The largest absolute Gasteiger partial charge is 0.372 e. The third-order valence-corrected chi connectivity index (χ3v) is 4.38. The van der Waals surface area contributed by atoms with Crippen LogP contribution in [0.3, 0.4) is 0 Å². The molecule has 0 saturated heterocycles. The molecule has 1 aromatic carbocycles. The lowest BCUT2D eigenvalue weighted by molar-refractivity contribution is -0.121. The van der Waals surface area contributed by atoms with Crippen molar-refractivity contribution in [2.24, 2.45) is 10.7 Å². The maximum atomic E-state index is 11.5. The zero-order chi connectivity index (χ0) is 21.3. The molecule has 0 aliphatic heterocycles. The standard InChI is InChI=1S/C24H36N4O/c1-4-8-21(16-19-26-18-7-9-24(29)27-20-17-25)10-11-22-12-14-23(15-13-22)28(5-2)6-3/h4,8,10-16,19H,5-7,9,17-18,20,25H2,1-3H3,(H,27,29)/b8-4-,11-10?,21-16+,26-19+. The third kappa shape index (κ3) is 10.5. The van der Waals surface area contributed by atoms with Crippen LogP contribution in [-0.2, 0) is 4.79 Å².